The number of rotatable bonds is 10. The summed E-state index contributed by atoms with van der Waals surface area (Å²) in [6.45, 7) is 7.71. The van der Waals surface area contributed by atoms with Crippen LogP contribution in [0, 0.1) is 13.8 Å². The van der Waals surface area contributed by atoms with Gasteiger partial charge >= 0.3 is 0 Å². The summed E-state index contributed by atoms with van der Waals surface area (Å²) in [5, 5.41) is 3.79. The molecular formula is C29H32Cl2N2O3. The van der Waals surface area contributed by atoms with Crippen LogP contribution in [0.3, 0.4) is 0 Å². The fraction of sp³-hybridized carbons (Fsp3) is 0.310. The normalized spacial score (nSPS) is 11.8. The molecule has 3 rings (SSSR count). The predicted molar refractivity (Wildman–Crippen MR) is 146 cm³/mol. The number of carbonyl (C=O) groups is 2. The predicted octanol–water partition coefficient (Wildman–Crippen LogP) is 6.15. The van der Waals surface area contributed by atoms with Crippen molar-refractivity contribution in [1.82, 2.24) is 10.2 Å². The minimum Gasteiger partial charge on any atom is -0.484 e. The van der Waals surface area contributed by atoms with Gasteiger partial charge in [0.15, 0.2) is 6.61 Å². The molecule has 36 heavy (non-hydrogen) atoms. The van der Waals surface area contributed by atoms with Gasteiger partial charge in [-0.25, -0.2) is 0 Å². The lowest BCUT2D eigenvalue weighted by molar-refractivity contribution is -0.143. The first-order valence-corrected chi connectivity index (χ1v) is 12.7. The lowest BCUT2D eigenvalue weighted by atomic mass is 10.0. The lowest BCUT2D eigenvalue weighted by Crippen LogP contribution is -2.52. The molecular weight excluding hydrogens is 495 g/mol. The van der Waals surface area contributed by atoms with Crippen molar-refractivity contribution in [2.45, 2.75) is 52.7 Å². The third-order valence-corrected chi connectivity index (χ3v) is 6.34. The SMILES string of the molecule is Cc1cc(C)cc(OCC(=O)N(Cc2ccc(Cl)c(Cl)c2)[C@H](Cc2ccccc2)C(=O)NC(C)C)c1. The standard InChI is InChI=1S/C29H32Cl2N2O3/c1-19(2)32-29(35)27(16-22-8-6-5-7-9-22)33(17-23-10-11-25(30)26(31)15-23)28(34)18-36-24-13-20(3)12-21(4)14-24/h5-15,19,27H,16-18H2,1-4H3,(H,32,35)/t27-/m1/s1. The summed E-state index contributed by atoms with van der Waals surface area (Å²) in [5.41, 5.74) is 3.80. The molecule has 0 aliphatic carbocycles. The van der Waals surface area contributed by atoms with Crippen molar-refractivity contribution in [2.24, 2.45) is 0 Å². The highest BCUT2D eigenvalue weighted by atomic mass is 35.5. The molecule has 0 spiro atoms. The molecule has 190 valence electrons. The summed E-state index contributed by atoms with van der Waals surface area (Å²) < 4.78 is 5.88. The first-order chi connectivity index (χ1) is 17.1. The van der Waals surface area contributed by atoms with Crippen LogP contribution in [0.5, 0.6) is 5.75 Å². The molecule has 1 N–H and O–H groups in total. The molecule has 0 saturated heterocycles. The van der Waals surface area contributed by atoms with Crippen LogP contribution in [0.25, 0.3) is 0 Å². The molecule has 0 saturated carbocycles. The van der Waals surface area contributed by atoms with Gasteiger partial charge in [0, 0.05) is 19.0 Å². The van der Waals surface area contributed by atoms with Crippen LogP contribution in [0.15, 0.2) is 66.7 Å². The van der Waals surface area contributed by atoms with Crippen molar-refractivity contribution in [1.29, 1.82) is 0 Å². The number of aryl methyl sites for hydroxylation is 2. The van der Waals surface area contributed by atoms with Gasteiger partial charge in [0.25, 0.3) is 5.91 Å². The molecule has 7 heteroatoms. The number of halogens is 2. The number of benzene rings is 3. The van der Waals surface area contributed by atoms with E-state index < -0.39 is 6.04 Å². The summed E-state index contributed by atoms with van der Waals surface area (Å²) in [6, 6.07) is 19.8. The highest BCUT2D eigenvalue weighted by Gasteiger charge is 2.31. The zero-order valence-electron chi connectivity index (χ0n) is 21.1. The van der Waals surface area contributed by atoms with Gasteiger partial charge in [-0.15, -0.1) is 0 Å². The number of hydrogen-bond acceptors (Lipinski definition) is 3. The number of nitrogens with zero attached hydrogens (tertiary/aromatic N) is 1. The second-order valence-electron chi connectivity index (χ2n) is 9.25. The molecule has 0 aliphatic rings. The number of carbonyl (C=O) groups excluding carboxylic acids is 2. The van der Waals surface area contributed by atoms with Crippen LogP contribution in [0.4, 0.5) is 0 Å². The Morgan fingerprint density at radius 2 is 1.56 bits per heavy atom. The average molecular weight is 527 g/mol. The van der Waals surface area contributed by atoms with Crippen LogP contribution < -0.4 is 10.1 Å². The summed E-state index contributed by atoms with van der Waals surface area (Å²) in [4.78, 5) is 28.6. The average Bonchev–Trinajstić information content (AvgIpc) is 2.81. The summed E-state index contributed by atoms with van der Waals surface area (Å²) >= 11 is 12.4. The van der Waals surface area contributed by atoms with Gasteiger partial charge in [-0.1, -0.05) is 65.7 Å². The summed E-state index contributed by atoms with van der Waals surface area (Å²) in [7, 11) is 0. The first kappa shape index (κ1) is 27.6. The Morgan fingerprint density at radius 1 is 0.889 bits per heavy atom. The van der Waals surface area contributed by atoms with Crippen LogP contribution >= 0.6 is 23.2 Å². The Hall–Kier alpha value is -3.02. The molecule has 0 heterocycles. The van der Waals surface area contributed by atoms with Gasteiger partial charge in [-0.05, 0) is 74.2 Å². The topological polar surface area (TPSA) is 58.6 Å². The van der Waals surface area contributed by atoms with Gasteiger partial charge in [0.05, 0.1) is 10.0 Å². The van der Waals surface area contributed by atoms with Crippen LogP contribution in [-0.4, -0.2) is 35.4 Å². The van der Waals surface area contributed by atoms with Crippen molar-refractivity contribution in [2.75, 3.05) is 6.61 Å². The van der Waals surface area contributed by atoms with Crippen LogP contribution in [0.2, 0.25) is 10.0 Å². The van der Waals surface area contributed by atoms with Crippen molar-refractivity contribution in [3.05, 3.63) is 99.0 Å². The molecule has 0 unspecified atom stereocenters. The van der Waals surface area contributed by atoms with Gasteiger partial charge in [-0.2, -0.15) is 0 Å². The third-order valence-electron chi connectivity index (χ3n) is 5.60. The molecule has 5 nitrogen and oxygen atoms in total. The molecule has 0 aromatic heterocycles. The van der Waals surface area contributed by atoms with Crippen LogP contribution in [-0.2, 0) is 22.6 Å². The van der Waals surface area contributed by atoms with E-state index in [4.69, 9.17) is 27.9 Å². The zero-order chi connectivity index (χ0) is 26.2. The Balaban J connectivity index is 1.94. The number of nitrogens with one attached hydrogen (secondary N) is 1. The highest BCUT2D eigenvalue weighted by molar-refractivity contribution is 6.42. The first-order valence-electron chi connectivity index (χ1n) is 11.9. The van der Waals surface area contributed by atoms with Gasteiger partial charge in [0.1, 0.15) is 11.8 Å². The van der Waals surface area contributed by atoms with E-state index in [-0.39, 0.29) is 31.0 Å². The third kappa shape index (κ3) is 8.00. The van der Waals surface area contributed by atoms with E-state index in [1.807, 2.05) is 76.2 Å². The maximum atomic E-state index is 13.6. The second kappa shape index (κ2) is 12.8. The number of amides is 2. The Bertz CT molecular complexity index is 1180. The smallest absolute Gasteiger partial charge is 0.261 e. The molecule has 2 amide bonds. The van der Waals surface area contributed by atoms with Gasteiger partial charge < -0.3 is 15.0 Å². The minimum absolute atomic E-state index is 0.0794. The largest absolute Gasteiger partial charge is 0.484 e. The number of hydrogen-bond donors (Lipinski definition) is 1. The monoisotopic (exact) mass is 526 g/mol. The van der Waals surface area contributed by atoms with E-state index in [9.17, 15) is 9.59 Å². The molecule has 3 aromatic carbocycles. The maximum absolute atomic E-state index is 13.6. The van der Waals surface area contributed by atoms with Gasteiger partial charge in [0.2, 0.25) is 5.91 Å². The Labute approximate surface area is 223 Å². The van der Waals surface area contributed by atoms with E-state index in [1.165, 1.54) is 0 Å². The minimum atomic E-state index is -0.750. The van der Waals surface area contributed by atoms with Crippen molar-refractivity contribution in [3.63, 3.8) is 0 Å². The van der Waals surface area contributed by atoms with Crippen molar-refractivity contribution in [3.8, 4) is 5.75 Å². The fourth-order valence-electron chi connectivity index (χ4n) is 4.01. The quantitative estimate of drug-likeness (QED) is 0.344. The summed E-state index contributed by atoms with van der Waals surface area (Å²) in [5.74, 6) is 0.0790. The van der Waals surface area contributed by atoms with Crippen LogP contribution in [0.1, 0.15) is 36.1 Å². The van der Waals surface area contributed by atoms with E-state index in [0.717, 1.165) is 22.3 Å². The molecule has 1 atom stereocenters. The Kier molecular flexibility index (Phi) is 9.80. The molecule has 0 radical (unpaired) electrons. The van der Waals surface area contributed by atoms with Crippen molar-refractivity contribution < 1.29 is 14.3 Å². The lowest BCUT2D eigenvalue weighted by Gasteiger charge is -2.32. The maximum Gasteiger partial charge on any atom is 0.261 e. The van der Waals surface area contributed by atoms with Gasteiger partial charge in [-0.3, -0.25) is 9.59 Å². The molecule has 0 fully saturated rings. The van der Waals surface area contributed by atoms with Crippen molar-refractivity contribution >= 4 is 35.0 Å². The molecule has 0 bridgehead atoms. The number of ether oxygens (including phenoxy) is 1. The van der Waals surface area contributed by atoms with E-state index in [2.05, 4.69) is 5.32 Å². The van der Waals surface area contributed by atoms with E-state index in [0.29, 0.717) is 22.2 Å². The Morgan fingerprint density at radius 3 is 2.17 bits per heavy atom. The highest BCUT2D eigenvalue weighted by Crippen LogP contribution is 2.24. The zero-order valence-corrected chi connectivity index (χ0v) is 22.6. The molecule has 3 aromatic rings. The second-order valence-corrected chi connectivity index (χ2v) is 10.1. The fourth-order valence-corrected chi connectivity index (χ4v) is 4.33. The molecule has 0 aliphatic heterocycles. The summed E-state index contributed by atoms with van der Waals surface area (Å²) in [6.07, 6.45) is 0.357. The van der Waals surface area contributed by atoms with E-state index >= 15 is 0 Å². The van der Waals surface area contributed by atoms with E-state index in [1.54, 1.807) is 23.1 Å².